The normalized spacial score (nSPS) is 30.3. The maximum atomic E-state index is 6.44. The van der Waals surface area contributed by atoms with Gasteiger partial charge in [-0.2, -0.15) is 0 Å². The molecule has 3 atom stereocenters. The average Bonchev–Trinajstić information content (AvgIpc) is 2.75. The Morgan fingerprint density at radius 1 is 1.67 bits per heavy atom. The van der Waals surface area contributed by atoms with Crippen LogP contribution < -0.4 is 5.73 Å². The van der Waals surface area contributed by atoms with Crippen LogP contribution in [0.5, 0.6) is 0 Å². The first-order valence-electron chi connectivity index (χ1n) is 6.84. The van der Waals surface area contributed by atoms with Crippen molar-refractivity contribution in [2.45, 2.75) is 50.7 Å². The molecule has 2 rings (SSSR count). The number of nitrogens with zero attached hydrogens (tertiary/aromatic N) is 2. The van der Waals surface area contributed by atoms with E-state index in [-0.39, 0.29) is 11.6 Å². The van der Waals surface area contributed by atoms with Crippen LogP contribution in [-0.4, -0.2) is 28.3 Å². The first-order valence-corrected chi connectivity index (χ1v) is 6.84. The molecule has 1 aliphatic carbocycles. The number of imidazole rings is 1. The lowest BCUT2D eigenvalue weighted by molar-refractivity contribution is -0.0709. The van der Waals surface area contributed by atoms with Gasteiger partial charge in [0.2, 0.25) is 0 Å². The Labute approximate surface area is 110 Å². The van der Waals surface area contributed by atoms with Gasteiger partial charge < -0.3 is 15.0 Å². The van der Waals surface area contributed by atoms with E-state index >= 15 is 0 Å². The molecule has 0 amide bonds. The molecule has 18 heavy (non-hydrogen) atoms. The summed E-state index contributed by atoms with van der Waals surface area (Å²) < 4.78 is 7.87. The predicted octanol–water partition coefficient (Wildman–Crippen LogP) is 1.89. The number of hydrogen-bond donors (Lipinski definition) is 1. The van der Waals surface area contributed by atoms with Crippen LogP contribution in [0.3, 0.4) is 0 Å². The molecule has 1 aliphatic rings. The van der Waals surface area contributed by atoms with Crippen molar-refractivity contribution in [2.75, 3.05) is 7.11 Å². The molecule has 4 heteroatoms. The summed E-state index contributed by atoms with van der Waals surface area (Å²) in [4.78, 5) is 4.36. The summed E-state index contributed by atoms with van der Waals surface area (Å²) in [6.45, 7) is 2.29. The smallest absolute Gasteiger partial charge is 0.110 e. The van der Waals surface area contributed by atoms with Crippen LogP contribution in [0.4, 0.5) is 0 Å². The zero-order valence-corrected chi connectivity index (χ0v) is 11.7. The highest BCUT2D eigenvalue weighted by atomic mass is 16.5. The Morgan fingerprint density at radius 2 is 2.44 bits per heavy atom. The van der Waals surface area contributed by atoms with Gasteiger partial charge in [-0.1, -0.05) is 19.8 Å². The Hall–Kier alpha value is -0.870. The minimum Gasteiger partial charge on any atom is -0.377 e. The molecule has 0 saturated heterocycles. The standard InChI is InChI=1S/C14H25N3O/c1-11-5-4-6-14(10-11,18-3)12(15)9-13-16-7-8-17(13)2/h7-8,11-12H,4-6,9-10,15H2,1-3H3. The molecule has 1 aromatic heterocycles. The van der Waals surface area contributed by atoms with Gasteiger partial charge in [0.25, 0.3) is 0 Å². The second kappa shape index (κ2) is 5.41. The van der Waals surface area contributed by atoms with Gasteiger partial charge in [0.15, 0.2) is 0 Å². The first-order chi connectivity index (χ1) is 8.57. The van der Waals surface area contributed by atoms with E-state index in [1.54, 1.807) is 7.11 Å². The second-order valence-electron chi connectivity index (χ2n) is 5.74. The van der Waals surface area contributed by atoms with Crippen LogP contribution in [0.1, 0.15) is 38.4 Å². The number of rotatable bonds is 4. The highest BCUT2D eigenvalue weighted by Crippen LogP contribution is 2.37. The monoisotopic (exact) mass is 251 g/mol. The van der Waals surface area contributed by atoms with Gasteiger partial charge in [-0.3, -0.25) is 0 Å². The third-order valence-electron chi connectivity index (χ3n) is 4.40. The minimum absolute atomic E-state index is 0.0198. The fourth-order valence-electron chi connectivity index (χ4n) is 3.19. The molecule has 2 N–H and O–H groups in total. The zero-order chi connectivity index (χ0) is 13.2. The van der Waals surface area contributed by atoms with E-state index < -0.39 is 0 Å². The first kappa shape index (κ1) is 13.6. The molecule has 1 aromatic rings. The van der Waals surface area contributed by atoms with Gasteiger partial charge in [0, 0.05) is 39.0 Å². The van der Waals surface area contributed by atoms with Crippen LogP contribution in [0.15, 0.2) is 12.4 Å². The number of nitrogens with two attached hydrogens (primary N) is 1. The third kappa shape index (κ3) is 2.59. The lowest BCUT2D eigenvalue weighted by Crippen LogP contribution is -2.53. The molecular weight excluding hydrogens is 226 g/mol. The van der Waals surface area contributed by atoms with E-state index in [0.29, 0.717) is 5.92 Å². The van der Waals surface area contributed by atoms with E-state index in [9.17, 15) is 0 Å². The third-order valence-corrected chi connectivity index (χ3v) is 4.40. The SMILES string of the molecule is COC1(C(N)Cc2nccn2C)CCCC(C)C1. The summed E-state index contributed by atoms with van der Waals surface area (Å²) in [7, 11) is 3.81. The van der Waals surface area contributed by atoms with Crippen LogP contribution in [0, 0.1) is 5.92 Å². The maximum Gasteiger partial charge on any atom is 0.110 e. The molecular formula is C14H25N3O. The van der Waals surface area contributed by atoms with Crippen molar-refractivity contribution >= 4 is 0 Å². The summed E-state index contributed by atoms with van der Waals surface area (Å²) in [5.74, 6) is 1.74. The molecule has 0 aliphatic heterocycles. The summed E-state index contributed by atoms with van der Waals surface area (Å²) in [6.07, 6.45) is 9.21. The van der Waals surface area contributed by atoms with E-state index in [2.05, 4.69) is 11.9 Å². The van der Waals surface area contributed by atoms with Gasteiger partial charge in [-0.15, -0.1) is 0 Å². The van der Waals surface area contributed by atoms with Gasteiger partial charge in [0.1, 0.15) is 5.82 Å². The molecule has 102 valence electrons. The lowest BCUT2D eigenvalue weighted by atomic mass is 9.74. The van der Waals surface area contributed by atoms with E-state index in [1.165, 1.54) is 12.8 Å². The molecule has 3 unspecified atom stereocenters. The Bertz CT molecular complexity index is 390. The van der Waals surface area contributed by atoms with Crippen LogP contribution in [-0.2, 0) is 18.2 Å². The van der Waals surface area contributed by atoms with Crippen molar-refractivity contribution in [3.63, 3.8) is 0 Å². The zero-order valence-electron chi connectivity index (χ0n) is 11.7. The highest BCUT2D eigenvalue weighted by molar-refractivity contribution is 5.02. The van der Waals surface area contributed by atoms with E-state index in [4.69, 9.17) is 10.5 Å². The Morgan fingerprint density at radius 3 is 3.00 bits per heavy atom. The Kier molecular flexibility index (Phi) is 4.07. The molecule has 1 saturated carbocycles. The lowest BCUT2D eigenvalue weighted by Gasteiger charge is -2.43. The van der Waals surface area contributed by atoms with E-state index in [0.717, 1.165) is 25.1 Å². The van der Waals surface area contributed by atoms with Crippen LogP contribution in [0.2, 0.25) is 0 Å². The van der Waals surface area contributed by atoms with Gasteiger partial charge in [0.05, 0.1) is 5.60 Å². The highest BCUT2D eigenvalue weighted by Gasteiger charge is 2.40. The van der Waals surface area contributed by atoms with Crippen molar-refractivity contribution in [3.8, 4) is 0 Å². The largest absolute Gasteiger partial charge is 0.377 e. The van der Waals surface area contributed by atoms with Crippen molar-refractivity contribution in [3.05, 3.63) is 18.2 Å². The summed E-state index contributed by atoms with van der Waals surface area (Å²) >= 11 is 0. The van der Waals surface area contributed by atoms with Crippen molar-refractivity contribution < 1.29 is 4.74 Å². The average molecular weight is 251 g/mol. The van der Waals surface area contributed by atoms with Crippen molar-refractivity contribution in [1.29, 1.82) is 0 Å². The number of aromatic nitrogens is 2. The molecule has 0 radical (unpaired) electrons. The van der Waals surface area contributed by atoms with Gasteiger partial charge in [-0.25, -0.2) is 4.98 Å². The predicted molar refractivity (Wildman–Crippen MR) is 72.3 cm³/mol. The Balaban J connectivity index is 2.09. The van der Waals surface area contributed by atoms with E-state index in [1.807, 2.05) is 24.0 Å². The molecule has 0 bridgehead atoms. The fraction of sp³-hybridized carbons (Fsp3) is 0.786. The second-order valence-corrected chi connectivity index (χ2v) is 5.74. The van der Waals surface area contributed by atoms with Gasteiger partial charge in [-0.05, 0) is 18.8 Å². The van der Waals surface area contributed by atoms with Crippen molar-refractivity contribution in [1.82, 2.24) is 9.55 Å². The molecule has 0 spiro atoms. The molecule has 0 aromatic carbocycles. The number of ether oxygens (including phenoxy) is 1. The molecule has 4 nitrogen and oxygen atoms in total. The van der Waals surface area contributed by atoms with Crippen molar-refractivity contribution in [2.24, 2.45) is 18.7 Å². The number of hydrogen-bond acceptors (Lipinski definition) is 3. The minimum atomic E-state index is -0.163. The van der Waals surface area contributed by atoms with Crippen LogP contribution >= 0.6 is 0 Å². The number of methoxy groups -OCH3 is 1. The number of aryl methyl sites for hydroxylation is 1. The topological polar surface area (TPSA) is 53.1 Å². The fourth-order valence-corrected chi connectivity index (χ4v) is 3.19. The summed E-state index contributed by atoms with van der Waals surface area (Å²) in [6, 6.07) is 0.0198. The molecule has 1 heterocycles. The quantitative estimate of drug-likeness (QED) is 0.889. The maximum absolute atomic E-state index is 6.44. The van der Waals surface area contributed by atoms with Gasteiger partial charge >= 0.3 is 0 Å². The summed E-state index contributed by atoms with van der Waals surface area (Å²) in [5, 5.41) is 0. The summed E-state index contributed by atoms with van der Waals surface area (Å²) in [5.41, 5.74) is 6.27. The van der Waals surface area contributed by atoms with Crippen LogP contribution in [0.25, 0.3) is 0 Å². The molecule has 1 fully saturated rings.